The van der Waals surface area contributed by atoms with Crippen LogP contribution in [0.4, 0.5) is 13.2 Å². The molecule has 1 aromatic carbocycles. The van der Waals surface area contributed by atoms with Gasteiger partial charge in [-0.05, 0) is 25.0 Å². The number of aliphatic imine (C=N–C) groups is 1. The molecule has 0 saturated heterocycles. The number of alkyl halides is 3. The lowest BCUT2D eigenvalue weighted by Gasteiger charge is -2.26. The summed E-state index contributed by atoms with van der Waals surface area (Å²) < 4.78 is 66.1. The summed E-state index contributed by atoms with van der Waals surface area (Å²) in [5.41, 5.74) is 0.837. The van der Waals surface area contributed by atoms with Crippen molar-refractivity contribution in [3.8, 4) is 0 Å². The summed E-state index contributed by atoms with van der Waals surface area (Å²) in [6.07, 6.45) is -3.24. The van der Waals surface area contributed by atoms with E-state index < -0.39 is 28.3 Å². The van der Waals surface area contributed by atoms with E-state index in [1.54, 1.807) is 45.2 Å². The third-order valence-electron chi connectivity index (χ3n) is 3.40. The van der Waals surface area contributed by atoms with Crippen molar-refractivity contribution in [3.05, 3.63) is 35.4 Å². The van der Waals surface area contributed by atoms with Crippen LogP contribution in [-0.4, -0.2) is 52.5 Å². The fourth-order valence-electron chi connectivity index (χ4n) is 2.29. The number of nitrogens with one attached hydrogen (secondary N) is 3. The van der Waals surface area contributed by atoms with Crippen molar-refractivity contribution in [2.75, 3.05) is 26.5 Å². The maximum Gasteiger partial charge on any atom is 0.411 e. The van der Waals surface area contributed by atoms with Crippen LogP contribution in [0.5, 0.6) is 0 Å². The Morgan fingerprint density at radius 3 is 2.14 bits per heavy atom. The Bertz CT molecular complexity index is 754. The average molecular weight is 552 g/mol. The van der Waals surface area contributed by atoms with Gasteiger partial charge in [0.25, 0.3) is 0 Å². The molecule has 0 aromatic heterocycles. The van der Waals surface area contributed by atoms with Crippen LogP contribution in [0.2, 0.25) is 0 Å². The number of ether oxygens (including phenoxy) is 1. The Morgan fingerprint density at radius 1 is 1.10 bits per heavy atom. The molecule has 12 heteroatoms. The molecule has 0 fully saturated rings. The minimum Gasteiger partial charge on any atom is -0.367 e. The van der Waals surface area contributed by atoms with Gasteiger partial charge < -0.3 is 15.4 Å². The van der Waals surface area contributed by atoms with Gasteiger partial charge in [0, 0.05) is 25.7 Å². The molecule has 0 aliphatic rings. The second kappa shape index (κ2) is 11.9. The van der Waals surface area contributed by atoms with Gasteiger partial charge in [0.05, 0.1) is 12.9 Å². The molecule has 29 heavy (non-hydrogen) atoms. The average Bonchev–Trinajstić information content (AvgIpc) is 2.53. The lowest BCUT2D eigenvalue weighted by molar-refractivity contribution is -0.176. The van der Waals surface area contributed by atoms with E-state index in [9.17, 15) is 21.6 Å². The third kappa shape index (κ3) is 13.7. The third-order valence-corrected chi connectivity index (χ3v) is 4.32. The molecule has 0 radical (unpaired) electrons. The largest absolute Gasteiger partial charge is 0.411 e. The van der Waals surface area contributed by atoms with Crippen molar-refractivity contribution >= 4 is 40.0 Å². The maximum absolute atomic E-state index is 12.1. The molecule has 7 nitrogen and oxygen atoms in total. The molecule has 0 unspecified atom stereocenters. The number of hydrogen-bond donors (Lipinski definition) is 3. The molecule has 0 atom stereocenters. The van der Waals surface area contributed by atoms with Crippen LogP contribution in [-0.2, 0) is 27.9 Å². The SMILES string of the molecule is CN=C(NCc1ccc(COCC(F)(F)F)cc1)NCC(C)(C)NS(C)(=O)=O.I. The van der Waals surface area contributed by atoms with Crippen molar-refractivity contribution in [2.45, 2.75) is 38.7 Å². The number of sulfonamides is 1. The normalized spacial score (nSPS) is 13.0. The molecule has 1 rings (SSSR count). The Kier molecular flexibility index (Phi) is 11.4. The Morgan fingerprint density at radius 2 is 1.66 bits per heavy atom. The molecule has 0 amide bonds. The number of guanidine groups is 1. The molecule has 3 N–H and O–H groups in total. The van der Waals surface area contributed by atoms with Crippen LogP contribution in [0.15, 0.2) is 29.3 Å². The minimum atomic E-state index is -4.34. The van der Waals surface area contributed by atoms with E-state index in [-0.39, 0.29) is 30.6 Å². The number of rotatable bonds is 9. The summed E-state index contributed by atoms with van der Waals surface area (Å²) >= 11 is 0. The Hall–Kier alpha value is -1.12. The molecule has 0 bridgehead atoms. The number of hydrogen-bond acceptors (Lipinski definition) is 4. The smallest absolute Gasteiger partial charge is 0.367 e. The zero-order chi connectivity index (χ0) is 21.4. The van der Waals surface area contributed by atoms with E-state index in [1.807, 2.05) is 0 Å². The van der Waals surface area contributed by atoms with Crippen LogP contribution in [0.1, 0.15) is 25.0 Å². The van der Waals surface area contributed by atoms with Gasteiger partial charge >= 0.3 is 6.18 Å². The van der Waals surface area contributed by atoms with Crippen LogP contribution < -0.4 is 15.4 Å². The molecular weight excluding hydrogens is 524 g/mol. The van der Waals surface area contributed by atoms with Gasteiger partial charge in [-0.1, -0.05) is 24.3 Å². The van der Waals surface area contributed by atoms with Crippen molar-refractivity contribution < 1.29 is 26.3 Å². The molecule has 0 aliphatic carbocycles. The predicted molar refractivity (Wildman–Crippen MR) is 118 cm³/mol. The van der Waals surface area contributed by atoms with E-state index in [0.717, 1.165) is 11.8 Å². The first-order valence-electron chi connectivity index (χ1n) is 8.45. The van der Waals surface area contributed by atoms with Crippen molar-refractivity contribution in [3.63, 3.8) is 0 Å². The van der Waals surface area contributed by atoms with Crippen molar-refractivity contribution in [1.29, 1.82) is 0 Å². The van der Waals surface area contributed by atoms with Gasteiger partial charge in [-0.3, -0.25) is 4.99 Å². The van der Waals surface area contributed by atoms with E-state index in [4.69, 9.17) is 0 Å². The Labute approximate surface area is 187 Å². The Balaban J connectivity index is 0.00000784. The predicted octanol–water partition coefficient (Wildman–Crippen LogP) is 2.38. The summed E-state index contributed by atoms with van der Waals surface area (Å²) in [4.78, 5) is 4.07. The van der Waals surface area contributed by atoms with Crippen LogP contribution in [0, 0.1) is 0 Å². The molecule has 0 spiro atoms. The van der Waals surface area contributed by atoms with E-state index >= 15 is 0 Å². The van der Waals surface area contributed by atoms with E-state index in [1.165, 1.54) is 0 Å². The summed E-state index contributed by atoms with van der Waals surface area (Å²) in [6, 6.07) is 6.95. The van der Waals surface area contributed by atoms with Gasteiger partial charge in [0.15, 0.2) is 5.96 Å². The fraction of sp³-hybridized carbons (Fsp3) is 0.588. The second-order valence-corrected chi connectivity index (χ2v) is 8.71. The molecular formula is C17H28F3IN4O3S. The highest BCUT2D eigenvalue weighted by molar-refractivity contribution is 14.0. The van der Waals surface area contributed by atoms with Gasteiger partial charge in [-0.2, -0.15) is 13.2 Å². The first kappa shape index (κ1) is 27.9. The van der Waals surface area contributed by atoms with Gasteiger partial charge in [0.2, 0.25) is 10.0 Å². The molecule has 168 valence electrons. The summed E-state index contributed by atoms with van der Waals surface area (Å²) in [5, 5.41) is 6.13. The minimum absolute atomic E-state index is 0. The van der Waals surface area contributed by atoms with Gasteiger partial charge in [-0.25, -0.2) is 13.1 Å². The highest BCUT2D eigenvalue weighted by Gasteiger charge is 2.27. The fourth-order valence-corrected chi connectivity index (χ4v) is 3.36. The highest BCUT2D eigenvalue weighted by atomic mass is 127. The van der Waals surface area contributed by atoms with Gasteiger partial charge in [0.1, 0.15) is 6.61 Å². The first-order valence-corrected chi connectivity index (χ1v) is 10.3. The van der Waals surface area contributed by atoms with Crippen molar-refractivity contribution in [2.24, 2.45) is 4.99 Å². The van der Waals surface area contributed by atoms with Crippen LogP contribution in [0.25, 0.3) is 0 Å². The topological polar surface area (TPSA) is 91.8 Å². The number of benzene rings is 1. The van der Waals surface area contributed by atoms with Crippen LogP contribution in [0.3, 0.4) is 0 Å². The molecule has 0 aliphatic heterocycles. The molecule has 1 aromatic rings. The van der Waals surface area contributed by atoms with E-state index in [0.29, 0.717) is 24.6 Å². The number of nitrogens with zero attached hydrogens (tertiary/aromatic N) is 1. The quantitative estimate of drug-likeness (QED) is 0.249. The number of halogens is 4. The van der Waals surface area contributed by atoms with E-state index in [2.05, 4.69) is 25.1 Å². The lowest BCUT2D eigenvalue weighted by atomic mass is 10.1. The summed E-state index contributed by atoms with van der Waals surface area (Å²) in [7, 11) is -1.74. The summed E-state index contributed by atoms with van der Waals surface area (Å²) in [6.45, 7) is 2.85. The van der Waals surface area contributed by atoms with Gasteiger partial charge in [-0.15, -0.1) is 24.0 Å². The van der Waals surface area contributed by atoms with Crippen molar-refractivity contribution in [1.82, 2.24) is 15.4 Å². The maximum atomic E-state index is 12.1. The lowest BCUT2D eigenvalue weighted by Crippen LogP contribution is -2.52. The standard InChI is InChI=1S/C17H27F3N4O3S.HI/c1-16(2,24-28(4,25)26)11-23-15(21-3)22-9-13-5-7-14(8-6-13)10-27-12-17(18,19)20;/h5-8,24H,9-12H2,1-4H3,(H2,21,22,23);1H. The molecule has 0 heterocycles. The summed E-state index contributed by atoms with van der Waals surface area (Å²) in [5.74, 6) is 0.487. The monoisotopic (exact) mass is 552 g/mol. The second-order valence-electron chi connectivity index (χ2n) is 6.96. The molecule has 0 saturated carbocycles. The zero-order valence-corrected chi connectivity index (χ0v) is 19.9. The van der Waals surface area contributed by atoms with Crippen LogP contribution >= 0.6 is 24.0 Å². The highest BCUT2D eigenvalue weighted by Crippen LogP contribution is 2.15. The zero-order valence-electron chi connectivity index (χ0n) is 16.8. The first-order chi connectivity index (χ1) is 12.8.